The van der Waals surface area contributed by atoms with Gasteiger partial charge in [-0.25, -0.2) is 4.79 Å². The van der Waals surface area contributed by atoms with Crippen molar-refractivity contribution >= 4 is 6.03 Å². The Morgan fingerprint density at radius 1 is 1.38 bits per heavy atom. The van der Waals surface area contributed by atoms with Gasteiger partial charge < -0.3 is 20.1 Å². The molecule has 24 heavy (non-hydrogen) atoms. The lowest BCUT2D eigenvalue weighted by molar-refractivity contribution is -0.271. The number of ether oxygens (including phenoxy) is 1. The molecule has 5 nitrogen and oxygen atoms in total. The first-order valence-electron chi connectivity index (χ1n) is 7.73. The third kappa shape index (κ3) is 4.53. The van der Waals surface area contributed by atoms with Crippen molar-refractivity contribution in [1.29, 1.82) is 0 Å². The summed E-state index contributed by atoms with van der Waals surface area (Å²) in [4.78, 5) is 13.2. The highest BCUT2D eigenvalue weighted by Gasteiger charge is 2.54. The monoisotopic (exact) mass is 346 g/mol. The minimum atomic E-state index is -4.67. The quantitative estimate of drug-likeness (QED) is 0.824. The van der Waals surface area contributed by atoms with E-state index in [4.69, 9.17) is 4.74 Å². The van der Waals surface area contributed by atoms with Crippen molar-refractivity contribution in [3.05, 3.63) is 29.8 Å². The molecule has 0 bridgehead atoms. The van der Waals surface area contributed by atoms with E-state index in [-0.39, 0.29) is 26.2 Å². The Kier molecular flexibility index (Phi) is 5.58. The van der Waals surface area contributed by atoms with Gasteiger partial charge in [-0.15, -0.1) is 0 Å². The van der Waals surface area contributed by atoms with Gasteiger partial charge in [-0.3, -0.25) is 0 Å². The number of aliphatic hydroxyl groups is 1. The molecule has 8 heteroatoms. The summed E-state index contributed by atoms with van der Waals surface area (Å²) < 4.78 is 43.6. The number of piperidine rings is 1. The van der Waals surface area contributed by atoms with Crippen molar-refractivity contribution in [2.75, 3.05) is 26.2 Å². The first-order valence-corrected chi connectivity index (χ1v) is 7.73. The summed E-state index contributed by atoms with van der Waals surface area (Å²) in [6, 6.07) is 7.01. The number of likely N-dealkylation sites (tertiary alicyclic amines) is 1. The molecule has 0 spiro atoms. The van der Waals surface area contributed by atoms with E-state index in [9.17, 15) is 23.1 Å². The fourth-order valence-electron chi connectivity index (χ4n) is 2.51. The molecule has 0 unspecified atom stereocenters. The second-order valence-electron chi connectivity index (χ2n) is 5.91. The van der Waals surface area contributed by atoms with Crippen LogP contribution in [-0.2, 0) is 0 Å². The molecule has 1 fully saturated rings. The fraction of sp³-hybridized carbons (Fsp3) is 0.562. The maximum absolute atomic E-state index is 12.7. The number of benzene rings is 1. The number of hydrogen-bond donors (Lipinski definition) is 2. The van der Waals surface area contributed by atoms with E-state index in [0.29, 0.717) is 5.75 Å². The smallest absolute Gasteiger partial charge is 0.417 e. The van der Waals surface area contributed by atoms with Crippen molar-refractivity contribution in [2.45, 2.75) is 31.5 Å². The van der Waals surface area contributed by atoms with Crippen LogP contribution < -0.4 is 10.1 Å². The van der Waals surface area contributed by atoms with Gasteiger partial charge in [0.05, 0.1) is 6.54 Å². The molecule has 0 radical (unpaired) electrons. The van der Waals surface area contributed by atoms with Gasteiger partial charge in [-0.1, -0.05) is 12.1 Å². The lowest BCUT2D eigenvalue weighted by Crippen LogP contribution is -2.56. The van der Waals surface area contributed by atoms with Gasteiger partial charge in [0.25, 0.3) is 0 Å². The molecule has 0 aromatic heterocycles. The minimum Gasteiger partial charge on any atom is -0.492 e. The van der Waals surface area contributed by atoms with Gasteiger partial charge >= 0.3 is 12.2 Å². The van der Waals surface area contributed by atoms with Crippen LogP contribution in [0.5, 0.6) is 5.75 Å². The maximum Gasteiger partial charge on any atom is 0.417 e. The first kappa shape index (κ1) is 18.4. The Bertz CT molecular complexity index is 570. The van der Waals surface area contributed by atoms with Crippen LogP contribution >= 0.6 is 0 Å². The summed E-state index contributed by atoms with van der Waals surface area (Å²) in [7, 11) is 0. The molecule has 1 aliphatic heterocycles. The van der Waals surface area contributed by atoms with Crippen molar-refractivity contribution in [2.24, 2.45) is 0 Å². The van der Waals surface area contributed by atoms with Crippen molar-refractivity contribution in [1.82, 2.24) is 10.2 Å². The normalized spacial score (nSPS) is 17.5. The molecule has 1 aliphatic rings. The summed E-state index contributed by atoms with van der Waals surface area (Å²) in [5.74, 6) is 0.692. The topological polar surface area (TPSA) is 61.8 Å². The molecule has 2 amide bonds. The summed E-state index contributed by atoms with van der Waals surface area (Å²) in [5, 5.41) is 12.2. The molecule has 1 heterocycles. The SMILES string of the molecule is Cc1cccc(OCCNC(=O)N2CCC(O)(C(F)(F)F)CC2)c1. The number of urea groups is 1. The Labute approximate surface area is 138 Å². The van der Waals surface area contributed by atoms with E-state index >= 15 is 0 Å². The number of aryl methyl sites for hydroxylation is 1. The van der Waals surface area contributed by atoms with Gasteiger partial charge in [-0.2, -0.15) is 13.2 Å². The van der Waals surface area contributed by atoms with Crippen LogP contribution in [0.2, 0.25) is 0 Å². The van der Waals surface area contributed by atoms with Crippen LogP contribution in [0.25, 0.3) is 0 Å². The second kappa shape index (κ2) is 7.29. The summed E-state index contributed by atoms with van der Waals surface area (Å²) >= 11 is 0. The molecule has 1 saturated heterocycles. The lowest BCUT2D eigenvalue weighted by atomic mass is 9.91. The van der Waals surface area contributed by atoms with E-state index < -0.39 is 30.7 Å². The van der Waals surface area contributed by atoms with Crippen molar-refractivity contribution in [3.8, 4) is 5.75 Å². The highest BCUT2D eigenvalue weighted by Crippen LogP contribution is 2.38. The number of carbonyl (C=O) groups is 1. The van der Waals surface area contributed by atoms with Crippen LogP contribution in [0.15, 0.2) is 24.3 Å². The Morgan fingerprint density at radius 2 is 2.04 bits per heavy atom. The number of carbonyl (C=O) groups excluding carboxylic acids is 1. The van der Waals surface area contributed by atoms with E-state index in [1.54, 1.807) is 6.07 Å². The zero-order chi connectivity index (χ0) is 17.8. The van der Waals surface area contributed by atoms with E-state index in [2.05, 4.69) is 5.32 Å². The third-order valence-electron chi connectivity index (χ3n) is 4.04. The third-order valence-corrected chi connectivity index (χ3v) is 4.04. The zero-order valence-electron chi connectivity index (χ0n) is 13.4. The van der Waals surface area contributed by atoms with E-state index in [0.717, 1.165) is 5.56 Å². The number of nitrogens with zero attached hydrogens (tertiary/aromatic N) is 1. The molecule has 0 aliphatic carbocycles. The number of amides is 2. The van der Waals surface area contributed by atoms with Crippen LogP contribution in [-0.4, -0.2) is 54.1 Å². The first-order chi connectivity index (χ1) is 11.2. The number of rotatable bonds is 4. The molecular formula is C16H21F3N2O3. The molecule has 0 saturated carbocycles. The lowest BCUT2D eigenvalue weighted by Gasteiger charge is -2.38. The number of halogens is 3. The predicted octanol–water partition coefficient (Wildman–Crippen LogP) is 2.47. The molecule has 0 atom stereocenters. The largest absolute Gasteiger partial charge is 0.492 e. The molecular weight excluding hydrogens is 325 g/mol. The van der Waals surface area contributed by atoms with Crippen LogP contribution in [0.3, 0.4) is 0 Å². The molecule has 1 aromatic carbocycles. The van der Waals surface area contributed by atoms with Crippen molar-refractivity contribution < 1.29 is 27.8 Å². The maximum atomic E-state index is 12.7. The molecule has 134 valence electrons. The summed E-state index contributed by atoms with van der Waals surface area (Å²) in [6.07, 6.45) is -5.69. The highest BCUT2D eigenvalue weighted by molar-refractivity contribution is 5.74. The Hall–Kier alpha value is -1.96. The van der Waals surface area contributed by atoms with Crippen LogP contribution in [0.4, 0.5) is 18.0 Å². The molecule has 2 rings (SSSR count). The number of nitrogens with one attached hydrogen (secondary N) is 1. The number of hydrogen-bond acceptors (Lipinski definition) is 3. The number of alkyl halides is 3. The predicted molar refractivity (Wildman–Crippen MR) is 81.9 cm³/mol. The standard InChI is InChI=1S/C16H21F3N2O3/c1-12-3-2-4-13(11-12)24-10-7-20-14(22)21-8-5-15(23,6-9-21)16(17,18)19/h2-4,11,23H,5-10H2,1H3,(H,20,22). The minimum absolute atomic E-state index is 0.138. The van der Waals surface area contributed by atoms with Gasteiger partial charge in [0.1, 0.15) is 12.4 Å². The van der Waals surface area contributed by atoms with Crippen LogP contribution in [0.1, 0.15) is 18.4 Å². The van der Waals surface area contributed by atoms with Gasteiger partial charge in [0.2, 0.25) is 0 Å². The summed E-state index contributed by atoms with van der Waals surface area (Å²) in [6.45, 7) is 2.16. The van der Waals surface area contributed by atoms with Gasteiger partial charge in [0.15, 0.2) is 5.60 Å². The Balaban J connectivity index is 1.70. The average molecular weight is 346 g/mol. The van der Waals surface area contributed by atoms with Crippen molar-refractivity contribution in [3.63, 3.8) is 0 Å². The fourth-order valence-corrected chi connectivity index (χ4v) is 2.51. The van der Waals surface area contributed by atoms with Crippen LogP contribution in [0, 0.1) is 6.92 Å². The highest BCUT2D eigenvalue weighted by atomic mass is 19.4. The van der Waals surface area contributed by atoms with E-state index in [1.165, 1.54) is 4.90 Å². The van der Waals surface area contributed by atoms with Gasteiger partial charge in [-0.05, 0) is 24.6 Å². The van der Waals surface area contributed by atoms with E-state index in [1.807, 2.05) is 25.1 Å². The molecule has 1 aromatic rings. The zero-order valence-corrected chi connectivity index (χ0v) is 13.4. The Morgan fingerprint density at radius 3 is 2.62 bits per heavy atom. The average Bonchev–Trinajstić information content (AvgIpc) is 2.51. The summed E-state index contributed by atoms with van der Waals surface area (Å²) in [5.41, 5.74) is -1.64. The van der Waals surface area contributed by atoms with Gasteiger partial charge in [0, 0.05) is 25.9 Å². The second-order valence-corrected chi connectivity index (χ2v) is 5.91. The molecule has 2 N–H and O–H groups in total.